The van der Waals surface area contributed by atoms with Gasteiger partial charge in [0.15, 0.2) is 0 Å². The molecule has 0 heterocycles. The zero-order valence-electron chi connectivity index (χ0n) is 39.1. The van der Waals surface area contributed by atoms with Crippen molar-refractivity contribution in [1.82, 2.24) is 0 Å². The average molecular weight is 953 g/mol. The van der Waals surface area contributed by atoms with Gasteiger partial charge in [-0.15, -0.1) is 0 Å². The first-order valence-corrected chi connectivity index (χ1v) is 22.2. The fourth-order valence-electron chi connectivity index (χ4n) is 6.54. The number of hydrogen-bond acceptors (Lipinski definition) is 11. The Kier molecular flexibility index (Phi) is 19.3. The van der Waals surface area contributed by atoms with Gasteiger partial charge in [-0.25, -0.2) is 9.59 Å². The van der Waals surface area contributed by atoms with Crippen molar-refractivity contribution in [2.75, 3.05) is 25.3 Å². The lowest BCUT2D eigenvalue weighted by Gasteiger charge is -2.10. The SMILES string of the molecule is COC(=O)c1ccccc1N.COC(=O)c1ccccc1NC(=O)Cc1ccc(Oc2ccc(OCc3ccccc3)cc2)cc1.O=C(O)Cc1ccc(Oc2ccc(OCc3ccccc3)cc2)cc1. The van der Waals surface area contributed by atoms with Crippen LogP contribution >= 0.6 is 0 Å². The number of amides is 1. The topological polar surface area (TPSA) is 182 Å². The molecule has 0 aromatic heterocycles. The van der Waals surface area contributed by atoms with Crippen LogP contribution in [0.2, 0.25) is 0 Å². The second kappa shape index (κ2) is 26.8. The fraction of sp³-hybridized carbons (Fsp3) is 0.103. The third kappa shape index (κ3) is 17.0. The number of hydrogen-bond donors (Lipinski definition) is 3. The van der Waals surface area contributed by atoms with E-state index in [1.54, 1.807) is 72.8 Å². The number of carboxylic acid groups (broad SMARTS) is 1. The van der Waals surface area contributed by atoms with E-state index in [1.165, 1.54) is 14.2 Å². The van der Waals surface area contributed by atoms with Gasteiger partial charge in [0, 0.05) is 5.69 Å². The predicted molar refractivity (Wildman–Crippen MR) is 271 cm³/mol. The van der Waals surface area contributed by atoms with Crippen molar-refractivity contribution in [1.29, 1.82) is 0 Å². The highest BCUT2D eigenvalue weighted by Crippen LogP contribution is 2.27. The number of methoxy groups -OCH3 is 2. The molecular formula is C58H52N2O11. The molecule has 0 radical (unpaired) electrons. The van der Waals surface area contributed by atoms with Crippen LogP contribution in [0.1, 0.15) is 43.0 Å². The second-order valence-corrected chi connectivity index (χ2v) is 15.4. The maximum Gasteiger partial charge on any atom is 0.339 e. The number of benzene rings is 8. The summed E-state index contributed by atoms with van der Waals surface area (Å²) < 4.78 is 32.5. The Labute approximate surface area is 412 Å². The Morgan fingerprint density at radius 2 is 0.789 bits per heavy atom. The van der Waals surface area contributed by atoms with Crippen LogP contribution in [0.3, 0.4) is 0 Å². The third-order valence-electron chi connectivity index (χ3n) is 10.2. The van der Waals surface area contributed by atoms with Crippen molar-refractivity contribution in [3.05, 3.63) is 240 Å². The van der Waals surface area contributed by atoms with E-state index in [0.717, 1.165) is 33.8 Å². The molecule has 8 aromatic rings. The number of aliphatic carboxylic acids is 1. The molecule has 0 aliphatic heterocycles. The van der Waals surface area contributed by atoms with Crippen LogP contribution in [0.25, 0.3) is 0 Å². The molecule has 0 unspecified atom stereocenters. The molecule has 0 fully saturated rings. The standard InChI is InChI=1S/C29H25NO5.C21H18O4.C8H9NO2/c1-33-29(32)26-9-5-6-10-27(26)30-28(31)19-21-11-13-24(14-12-21)35-25-17-15-23(16-18-25)34-20-22-7-3-2-4-8-22;22-21(23)14-16-6-8-19(9-7-16)25-20-12-10-18(11-13-20)24-15-17-4-2-1-3-5-17;1-11-8(10)6-4-2-3-5-7(6)9/h2-18H,19-20H2,1H3,(H,30,31);1-13H,14-15H2,(H,22,23);2-5H,9H2,1H3. The van der Waals surface area contributed by atoms with Gasteiger partial charge >= 0.3 is 17.9 Å². The van der Waals surface area contributed by atoms with Crippen LogP contribution in [0.15, 0.2) is 206 Å². The van der Waals surface area contributed by atoms with Crippen molar-refractivity contribution >= 4 is 35.2 Å². The van der Waals surface area contributed by atoms with Crippen LogP contribution in [0, 0.1) is 0 Å². The summed E-state index contributed by atoms with van der Waals surface area (Å²) in [5.41, 5.74) is 10.9. The fourth-order valence-corrected chi connectivity index (χ4v) is 6.54. The summed E-state index contributed by atoms with van der Waals surface area (Å²) in [6.07, 6.45) is 0.164. The molecule has 0 saturated heterocycles. The Morgan fingerprint density at radius 3 is 1.23 bits per heavy atom. The number of nitrogens with two attached hydrogens (primary N) is 1. The summed E-state index contributed by atoms with van der Waals surface area (Å²) in [7, 11) is 2.63. The number of esters is 2. The van der Waals surface area contributed by atoms with E-state index in [4.69, 9.17) is 34.5 Å². The van der Waals surface area contributed by atoms with Crippen molar-refractivity contribution in [2.45, 2.75) is 26.1 Å². The number of carbonyl (C=O) groups is 4. The summed E-state index contributed by atoms with van der Waals surface area (Å²) >= 11 is 0. The summed E-state index contributed by atoms with van der Waals surface area (Å²) in [5.74, 6) is 2.24. The first-order chi connectivity index (χ1) is 34.5. The largest absolute Gasteiger partial charge is 0.489 e. The van der Waals surface area contributed by atoms with Crippen molar-refractivity contribution in [3.63, 3.8) is 0 Å². The quantitative estimate of drug-likeness (QED) is 0.0581. The lowest BCUT2D eigenvalue weighted by Crippen LogP contribution is -2.17. The first-order valence-electron chi connectivity index (χ1n) is 22.2. The number of nitrogen functional groups attached to an aromatic ring is 1. The van der Waals surface area contributed by atoms with Crippen LogP contribution < -0.4 is 30.0 Å². The van der Waals surface area contributed by atoms with E-state index in [9.17, 15) is 19.2 Å². The van der Waals surface area contributed by atoms with Crippen molar-refractivity contribution in [3.8, 4) is 34.5 Å². The molecule has 4 N–H and O–H groups in total. The molecule has 71 heavy (non-hydrogen) atoms. The summed E-state index contributed by atoms with van der Waals surface area (Å²) in [5, 5.41) is 11.5. The summed E-state index contributed by atoms with van der Waals surface area (Å²) in [4.78, 5) is 46.0. The summed E-state index contributed by atoms with van der Waals surface area (Å²) in [6, 6.07) is 62.6. The molecule has 0 aliphatic rings. The van der Waals surface area contributed by atoms with Gasteiger partial charge in [0.1, 0.15) is 47.7 Å². The zero-order valence-corrected chi connectivity index (χ0v) is 39.1. The van der Waals surface area contributed by atoms with Gasteiger partial charge in [-0.2, -0.15) is 0 Å². The van der Waals surface area contributed by atoms with Crippen LogP contribution in [0.5, 0.6) is 34.5 Å². The Bertz CT molecular complexity index is 2930. The Balaban J connectivity index is 0.000000198. The smallest absolute Gasteiger partial charge is 0.339 e. The molecule has 8 rings (SSSR count). The predicted octanol–water partition coefficient (Wildman–Crippen LogP) is 11.8. The van der Waals surface area contributed by atoms with Gasteiger partial charge < -0.3 is 44.6 Å². The molecule has 0 bridgehead atoms. The maximum absolute atomic E-state index is 12.5. The molecule has 0 aliphatic carbocycles. The molecule has 8 aromatic carbocycles. The number of ether oxygens (including phenoxy) is 6. The lowest BCUT2D eigenvalue weighted by molar-refractivity contribution is -0.136. The molecule has 0 spiro atoms. The van der Waals surface area contributed by atoms with Crippen molar-refractivity contribution < 1.29 is 52.7 Å². The number of nitrogens with one attached hydrogen (secondary N) is 1. The number of anilines is 2. The molecule has 0 saturated carbocycles. The minimum Gasteiger partial charge on any atom is -0.489 e. The van der Waals surface area contributed by atoms with E-state index in [0.29, 0.717) is 58.7 Å². The highest BCUT2D eigenvalue weighted by molar-refractivity contribution is 6.01. The zero-order chi connectivity index (χ0) is 50.2. The molecule has 360 valence electrons. The van der Waals surface area contributed by atoms with Gasteiger partial charge in [-0.3, -0.25) is 9.59 Å². The highest BCUT2D eigenvalue weighted by atomic mass is 16.5. The van der Waals surface area contributed by atoms with E-state index in [1.807, 2.05) is 133 Å². The van der Waals surface area contributed by atoms with E-state index < -0.39 is 17.9 Å². The molecule has 0 atom stereocenters. The van der Waals surface area contributed by atoms with Crippen LogP contribution in [-0.4, -0.2) is 43.1 Å². The van der Waals surface area contributed by atoms with Gasteiger partial charge in [0.2, 0.25) is 5.91 Å². The van der Waals surface area contributed by atoms with Crippen molar-refractivity contribution in [2.24, 2.45) is 0 Å². The van der Waals surface area contributed by atoms with Crippen LogP contribution in [0.4, 0.5) is 11.4 Å². The monoisotopic (exact) mass is 952 g/mol. The van der Waals surface area contributed by atoms with Gasteiger partial charge in [-0.1, -0.05) is 109 Å². The third-order valence-corrected chi connectivity index (χ3v) is 10.2. The van der Waals surface area contributed by atoms with Gasteiger partial charge in [0.25, 0.3) is 0 Å². The minimum atomic E-state index is -0.847. The number of para-hydroxylation sites is 2. The Morgan fingerprint density at radius 1 is 0.423 bits per heavy atom. The molecule has 13 nitrogen and oxygen atoms in total. The highest BCUT2D eigenvalue weighted by Gasteiger charge is 2.14. The normalized spacial score (nSPS) is 10.1. The maximum atomic E-state index is 12.5. The van der Waals surface area contributed by atoms with E-state index in [-0.39, 0.29) is 18.7 Å². The average Bonchev–Trinajstić information content (AvgIpc) is 3.40. The second-order valence-electron chi connectivity index (χ2n) is 15.4. The summed E-state index contributed by atoms with van der Waals surface area (Å²) in [6.45, 7) is 1.02. The van der Waals surface area contributed by atoms with E-state index >= 15 is 0 Å². The van der Waals surface area contributed by atoms with Crippen LogP contribution in [-0.2, 0) is 45.1 Å². The number of carbonyl (C=O) groups excluding carboxylic acids is 3. The molecular weight excluding hydrogens is 901 g/mol. The number of carboxylic acids is 1. The lowest BCUT2D eigenvalue weighted by atomic mass is 10.1. The van der Waals surface area contributed by atoms with Gasteiger partial charge in [0.05, 0.1) is 43.9 Å². The van der Waals surface area contributed by atoms with Gasteiger partial charge in [-0.05, 0) is 119 Å². The molecule has 13 heteroatoms. The first kappa shape index (κ1) is 51.0. The Hall–Kier alpha value is -9.36. The van der Waals surface area contributed by atoms with E-state index in [2.05, 4.69) is 10.1 Å². The minimum absolute atomic E-state index is 0.00767. The molecule has 1 amide bonds. The number of rotatable bonds is 17.